The van der Waals surface area contributed by atoms with Gasteiger partial charge in [0.15, 0.2) is 5.11 Å². The second-order valence-electron chi connectivity index (χ2n) is 2.88. The lowest BCUT2D eigenvalue weighted by atomic mass is 10.1. The van der Waals surface area contributed by atoms with Gasteiger partial charge in [0.25, 0.3) is 5.91 Å². The maximum atomic E-state index is 13.4. The Hall–Kier alpha value is -1.69. The van der Waals surface area contributed by atoms with Gasteiger partial charge in [-0.2, -0.15) is 0 Å². The minimum absolute atomic E-state index is 0.0567. The fourth-order valence-corrected chi connectivity index (χ4v) is 1.06. The zero-order chi connectivity index (χ0) is 11.4. The van der Waals surface area contributed by atoms with Crippen molar-refractivity contribution in [2.75, 3.05) is 0 Å². The standard InChI is InChI=1S/C9H10FN3OS/c1-5-3-2-4-6(7(5)10)8(14)12-13-9(11)15/h2-4H,1H3,(H,12,14)(H3,11,13,15). The third-order valence-corrected chi connectivity index (χ3v) is 1.84. The highest BCUT2D eigenvalue weighted by atomic mass is 32.1. The summed E-state index contributed by atoms with van der Waals surface area (Å²) in [6, 6.07) is 4.54. The van der Waals surface area contributed by atoms with Crippen molar-refractivity contribution in [3.05, 3.63) is 35.1 Å². The molecular weight excluding hydrogens is 217 g/mol. The molecule has 0 saturated heterocycles. The molecule has 15 heavy (non-hydrogen) atoms. The summed E-state index contributed by atoms with van der Waals surface area (Å²) < 4.78 is 13.4. The van der Waals surface area contributed by atoms with Gasteiger partial charge < -0.3 is 5.73 Å². The van der Waals surface area contributed by atoms with Crippen LogP contribution in [0.4, 0.5) is 4.39 Å². The molecule has 4 nitrogen and oxygen atoms in total. The van der Waals surface area contributed by atoms with Crippen molar-refractivity contribution in [3.8, 4) is 0 Å². The average molecular weight is 227 g/mol. The van der Waals surface area contributed by atoms with E-state index < -0.39 is 11.7 Å². The van der Waals surface area contributed by atoms with Gasteiger partial charge in [-0.05, 0) is 30.8 Å². The lowest BCUT2D eigenvalue weighted by Gasteiger charge is -2.07. The second kappa shape index (κ2) is 4.70. The van der Waals surface area contributed by atoms with Gasteiger partial charge in [-0.15, -0.1) is 0 Å². The number of thiocarbonyl (C=S) groups is 1. The number of halogens is 1. The molecule has 0 aliphatic rings. The number of amides is 1. The van der Waals surface area contributed by atoms with Gasteiger partial charge in [-0.1, -0.05) is 12.1 Å². The van der Waals surface area contributed by atoms with Crippen LogP contribution in [-0.2, 0) is 0 Å². The van der Waals surface area contributed by atoms with Crippen molar-refractivity contribution >= 4 is 23.2 Å². The van der Waals surface area contributed by atoms with Crippen LogP contribution in [-0.4, -0.2) is 11.0 Å². The fourth-order valence-electron chi connectivity index (χ4n) is 1.01. The molecule has 0 heterocycles. The first-order valence-electron chi connectivity index (χ1n) is 4.13. The lowest BCUT2D eigenvalue weighted by Crippen LogP contribution is -2.44. The van der Waals surface area contributed by atoms with E-state index in [9.17, 15) is 9.18 Å². The zero-order valence-corrected chi connectivity index (χ0v) is 8.82. The van der Waals surface area contributed by atoms with Gasteiger partial charge in [-0.3, -0.25) is 15.6 Å². The van der Waals surface area contributed by atoms with Crippen LogP contribution in [0.15, 0.2) is 18.2 Å². The van der Waals surface area contributed by atoms with Crippen LogP contribution >= 0.6 is 12.2 Å². The Morgan fingerprint density at radius 3 is 2.73 bits per heavy atom. The summed E-state index contributed by atoms with van der Waals surface area (Å²) in [7, 11) is 0. The highest BCUT2D eigenvalue weighted by molar-refractivity contribution is 7.80. The number of hydrazine groups is 1. The number of benzene rings is 1. The lowest BCUT2D eigenvalue weighted by molar-refractivity contribution is 0.0939. The Labute approximate surface area is 91.6 Å². The van der Waals surface area contributed by atoms with Crippen LogP contribution in [0.2, 0.25) is 0 Å². The van der Waals surface area contributed by atoms with Gasteiger partial charge in [-0.25, -0.2) is 4.39 Å². The fraction of sp³-hybridized carbons (Fsp3) is 0.111. The summed E-state index contributed by atoms with van der Waals surface area (Å²) in [5, 5.41) is -0.0867. The Morgan fingerprint density at radius 2 is 2.13 bits per heavy atom. The summed E-state index contributed by atoms with van der Waals surface area (Å²) in [4.78, 5) is 11.4. The van der Waals surface area contributed by atoms with Crippen molar-refractivity contribution < 1.29 is 9.18 Å². The highest BCUT2D eigenvalue weighted by Crippen LogP contribution is 2.11. The highest BCUT2D eigenvalue weighted by Gasteiger charge is 2.12. The van der Waals surface area contributed by atoms with E-state index in [0.717, 1.165) is 0 Å². The molecule has 0 unspecified atom stereocenters. The minimum atomic E-state index is -0.621. The molecule has 0 fully saturated rings. The topological polar surface area (TPSA) is 67.2 Å². The van der Waals surface area contributed by atoms with E-state index in [1.54, 1.807) is 19.1 Å². The molecule has 6 heteroatoms. The molecule has 0 bridgehead atoms. The van der Waals surface area contributed by atoms with E-state index in [2.05, 4.69) is 23.1 Å². The largest absolute Gasteiger partial charge is 0.375 e. The van der Waals surface area contributed by atoms with Crippen molar-refractivity contribution in [1.29, 1.82) is 0 Å². The van der Waals surface area contributed by atoms with Gasteiger partial charge in [0, 0.05) is 0 Å². The smallest absolute Gasteiger partial charge is 0.272 e. The normalized spacial score (nSPS) is 9.47. The van der Waals surface area contributed by atoms with E-state index in [1.165, 1.54) is 6.07 Å². The van der Waals surface area contributed by atoms with Crippen LogP contribution < -0.4 is 16.6 Å². The number of nitrogens with two attached hydrogens (primary N) is 1. The third kappa shape index (κ3) is 2.88. The first-order valence-corrected chi connectivity index (χ1v) is 4.54. The molecule has 0 aliphatic carbocycles. The molecule has 1 amide bonds. The van der Waals surface area contributed by atoms with E-state index in [4.69, 9.17) is 5.73 Å². The first kappa shape index (κ1) is 11.4. The number of carbonyl (C=O) groups is 1. The molecule has 4 N–H and O–H groups in total. The maximum Gasteiger partial charge on any atom is 0.272 e. The predicted octanol–water partition coefficient (Wildman–Crippen LogP) is 0.612. The number of hydrogen-bond donors (Lipinski definition) is 3. The minimum Gasteiger partial charge on any atom is -0.375 e. The van der Waals surface area contributed by atoms with E-state index in [-0.39, 0.29) is 10.7 Å². The van der Waals surface area contributed by atoms with Gasteiger partial charge in [0.05, 0.1) is 5.56 Å². The number of nitrogens with one attached hydrogen (secondary N) is 2. The molecule has 0 saturated carbocycles. The van der Waals surface area contributed by atoms with Gasteiger partial charge in [0.2, 0.25) is 0 Å². The SMILES string of the molecule is Cc1cccc(C(=O)NNC(N)=S)c1F. The monoisotopic (exact) mass is 227 g/mol. The predicted molar refractivity (Wildman–Crippen MR) is 58.5 cm³/mol. The number of aryl methyl sites for hydroxylation is 1. The molecule has 80 valence electrons. The molecule has 1 aromatic carbocycles. The van der Waals surface area contributed by atoms with E-state index >= 15 is 0 Å². The molecule has 0 radical (unpaired) electrons. The van der Waals surface area contributed by atoms with Gasteiger partial charge in [0.1, 0.15) is 5.82 Å². The summed E-state index contributed by atoms with van der Waals surface area (Å²) in [5.41, 5.74) is 9.85. The van der Waals surface area contributed by atoms with Crippen molar-refractivity contribution in [1.82, 2.24) is 10.9 Å². The molecule has 0 aromatic heterocycles. The second-order valence-corrected chi connectivity index (χ2v) is 3.32. The first-order chi connectivity index (χ1) is 7.02. The summed E-state index contributed by atoms with van der Waals surface area (Å²) in [6.45, 7) is 1.58. The van der Waals surface area contributed by atoms with Gasteiger partial charge >= 0.3 is 0 Å². The van der Waals surface area contributed by atoms with Crippen LogP contribution in [0.5, 0.6) is 0 Å². The van der Waals surface area contributed by atoms with Crippen LogP contribution in [0.3, 0.4) is 0 Å². The van der Waals surface area contributed by atoms with Crippen LogP contribution in [0, 0.1) is 12.7 Å². The Kier molecular flexibility index (Phi) is 3.56. The van der Waals surface area contributed by atoms with Crippen LogP contribution in [0.25, 0.3) is 0 Å². The summed E-state index contributed by atoms with van der Waals surface area (Å²) >= 11 is 4.48. The average Bonchev–Trinajstić information content (AvgIpc) is 2.18. The molecule has 0 atom stereocenters. The number of rotatable bonds is 1. The van der Waals surface area contributed by atoms with Crippen molar-refractivity contribution in [2.24, 2.45) is 5.73 Å². The quantitative estimate of drug-likeness (QED) is 0.486. The number of hydrogen-bond acceptors (Lipinski definition) is 2. The molecule has 0 spiro atoms. The molecule has 1 rings (SSSR count). The van der Waals surface area contributed by atoms with E-state index in [0.29, 0.717) is 5.56 Å². The molecule has 0 aliphatic heterocycles. The van der Waals surface area contributed by atoms with Crippen molar-refractivity contribution in [3.63, 3.8) is 0 Å². The zero-order valence-electron chi connectivity index (χ0n) is 8.00. The number of carbonyl (C=O) groups excluding carboxylic acids is 1. The third-order valence-electron chi connectivity index (χ3n) is 1.74. The molecular formula is C9H10FN3OS. The maximum absolute atomic E-state index is 13.4. The Bertz CT molecular complexity index is 408. The summed E-state index contributed by atoms with van der Waals surface area (Å²) in [6.07, 6.45) is 0. The van der Waals surface area contributed by atoms with E-state index in [1.807, 2.05) is 0 Å². The van der Waals surface area contributed by atoms with Crippen LogP contribution in [0.1, 0.15) is 15.9 Å². The van der Waals surface area contributed by atoms with Crippen molar-refractivity contribution in [2.45, 2.75) is 6.92 Å². The Morgan fingerprint density at radius 1 is 1.47 bits per heavy atom. The Balaban J connectivity index is 2.82. The summed E-state index contributed by atoms with van der Waals surface area (Å²) in [5.74, 6) is -1.18. The molecule has 1 aromatic rings.